The number of nitrogens with two attached hydrogens (primary N) is 1. The van der Waals surface area contributed by atoms with Gasteiger partial charge in [0.1, 0.15) is 0 Å². The van der Waals surface area contributed by atoms with Gasteiger partial charge in [-0.2, -0.15) is 0 Å². The average molecular weight is 353 g/mol. The first-order valence-electron chi connectivity index (χ1n) is 8.69. The summed E-state index contributed by atoms with van der Waals surface area (Å²) in [4.78, 5) is 12.6. The van der Waals surface area contributed by atoms with Gasteiger partial charge in [-0.15, -0.1) is 0 Å². The predicted octanol–water partition coefficient (Wildman–Crippen LogP) is 2.51. The fraction of sp³-hybridized carbons (Fsp3) is 0.611. The molecule has 1 aliphatic rings. The summed E-state index contributed by atoms with van der Waals surface area (Å²) in [5, 5.41) is 2.64. The highest BCUT2D eigenvalue weighted by Gasteiger charge is 2.30. The van der Waals surface area contributed by atoms with E-state index in [9.17, 15) is 13.2 Å². The van der Waals surface area contributed by atoms with Gasteiger partial charge in [-0.25, -0.2) is 8.42 Å². The quantitative estimate of drug-likeness (QED) is 0.789. The molecule has 1 saturated carbocycles. The van der Waals surface area contributed by atoms with Crippen molar-refractivity contribution in [2.45, 2.75) is 62.1 Å². The molecule has 0 bridgehead atoms. The summed E-state index contributed by atoms with van der Waals surface area (Å²) in [5.74, 6) is 0.230. The zero-order chi connectivity index (χ0) is 17.7. The van der Waals surface area contributed by atoms with Crippen molar-refractivity contribution in [1.29, 1.82) is 0 Å². The van der Waals surface area contributed by atoms with Crippen molar-refractivity contribution in [2.24, 2.45) is 11.7 Å². The van der Waals surface area contributed by atoms with Gasteiger partial charge in [0.25, 0.3) is 5.91 Å². The molecular formula is C18H28N2O3S. The van der Waals surface area contributed by atoms with E-state index < -0.39 is 9.84 Å². The van der Waals surface area contributed by atoms with Crippen molar-refractivity contribution in [3.05, 3.63) is 29.8 Å². The summed E-state index contributed by atoms with van der Waals surface area (Å²) in [6, 6.07) is 6.19. The Morgan fingerprint density at radius 3 is 2.29 bits per heavy atom. The Balaban J connectivity index is 2.07. The standard InChI is InChI=1S/C18H28N2O3S/c1-13(2)11-15(12-19)20-18(21)14-7-9-17(10-8-14)24(22,23)16-5-3-4-6-16/h7-10,13,15-16H,3-6,11-12,19H2,1-2H3,(H,20,21). The van der Waals surface area contributed by atoms with E-state index in [0.717, 1.165) is 32.1 Å². The summed E-state index contributed by atoms with van der Waals surface area (Å²) < 4.78 is 25.1. The number of carbonyl (C=O) groups excluding carboxylic acids is 1. The summed E-state index contributed by atoms with van der Waals surface area (Å²) in [6.07, 6.45) is 4.23. The van der Waals surface area contributed by atoms with Crippen LogP contribution in [0.15, 0.2) is 29.2 Å². The first kappa shape index (κ1) is 18.9. The van der Waals surface area contributed by atoms with Crippen LogP contribution in [0, 0.1) is 5.92 Å². The fourth-order valence-electron chi connectivity index (χ4n) is 3.24. The second-order valence-electron chi connectivity index (χ2n) is 7.01. The third-order valence-electron chi connectivity index (χ3n) is 4.56. The van der Waals surface area contributed by atoms with Crippen LogP contribution in [-0.4, -0.2) is 32.2 Å². The van der Waals surface area contributed by atoms with Gasteiger partial charge in [-0.3, -0.25) is 4.79 Å². The van der Waals surface area contributed by atoms with Crippen molar-refractivity contribution in [3.8, 4) is 0 Å². The average Bonchev–Trinajstić information content (AvgIpc) is 3.09. The maximum absolute atomic E-state index is 12.5. The molecule has 1 aromatic rings. The number of hydrogen-bond acceptors (Lipinski definition) is 4. The zero-order valence-electron chi connectivity index (χ0n) is 14.5. The lowest BCUT2D eigenvalue weighted by molar-refractivity contribution is 0.0933. The molecule has 0 heterocycles. The maximum atomic E-state index is 12.5. The fourth-order valence-corrected chi connectivity index (χ4v) is 5.09. The number of hydrogen-bond donors (Lipinski definition) is 2. The van der Waals surface area contributed by atoms with E-state index >= 15 is 0 Å². The lowest BCUT2D eigenvalue weighted by Crippen LogP contribution is -2.41. The molecule has 0 spiro atoms. The van der Waals surface area contributed by atoms with Crippen molar-refractivity contribution in [3.63, 3.8) is 0 Å². The Labute approximate surface area is 144 Å². The Kier molecular flexibility index (Phi) is 6.40. The predicted molar refractivity (Wildman–Crippen MR) is 95.6 cm³/mol. The minimum atomic E-state index is -3.28. The van der Waals surface area contributed by atoms with Gasteiger partial charge in [-0.05, 0) is 49.4 Å². The van der Waals surface area contributed by atoms with Gasteiger partial charge >= 0.3 is 0 Å². The molecule has 1 atom stereocenters. The van der Waals surface area contributed by atoms with Gasteiger partial charge in [0, 0.05) is 18.2 Å². The molecule has 24 heavy (non-hydrogen) atoms. The van der Waals surface area contributed by atoms with Crippen molar-refractivity contribution >= 4 is 15.7 Å². The van der Waals surface area contributed by atoms with E-state index in [1.165, 1.54) is 0 Å². The minimum Gasteiger partial charge on any atom is -0.348 e. The molecule has 2 rings (SSSR count). The van der Waals surface area contributed by atoms with Crippen molar-refractivity contribution in [1.82, 2.24) is 5.32 Å². The number of nitrogens with one attached hydrogen (secondary N) is 1. The molecule has 3 N–H and O–H groups in total. The first-order chi connectivity index (χ1) is 11.3. The molecule has 134 valence electrons. The second-order valence-corrected chi connectivity index (χ2v) is 9.24. The van der Waals surface area contributed by atoms with Crippen LogP contribution in [0.3, 0.4) is 0 Å². The molecule has 1 amide bonds. The van der Waals surface area contributed by atoms with Crippen molar-refractivity contribution < 1.29 is 13.2 Å². The maximum Gasteiger partial charge on any atom is 0.251 e. The largest absolute Gasteiger partial charge is 0.348 e. The van der Waals surface area contributed by atoms with Crippen molar-refractivity contribution in [2.75, 3.05) is 6.54 Å². The number of rotatable bonds is 7. The number of benzene rings is 1. The number of amides is 1. The Bertz CT molecular complexity index is 647. The zero-order valence-corrected chi connectivity index (χ0v) is 15.3. The summed E-state index contributed by atoms with van der Waals surface area (Å²) in [6.45, 7) is 4.55. The lowest BCUT2D eigenvalue weighted by Gasteiger charge is -2.19. The molecule has 0 aliphatic heterocycles. The molecule has 1 unspecified atom stereocenters. The number of sulfone groups is 1. The highest BCUT2D eigenvalue weighted by molar-refractivity contribution is 7.92. The van der Waals surface area contributed by atoms with E-state index in [4.69, 9.17) is 5.73 Å². The van der Waals surface area contributed by atoms with E-state index in [1.54, 1.807) is 24.3 Å². The van der Waals surface area contributed by atoms with Gasteiger partial charge in [0.15, 0.2) is 9.84 Å². The second kappa shape index (κ2) is 8.12. The van der Waals surface area contributed by atoms with Crippen LogP contribution in [-0.2, 0) is 9.84 Å². The van der Waals surface area contributed by atoms with E-state index in [0.29, 0.717) is 22.9 Å². The molecule has 1 aromatic carbocycles. The Morgan fingerprint density at radius 2 is 1.79 bits per heavy atom. The molecule has 1 fully saturated rings. The van der Waals surface area contributed by atoms with Crippen LogP contribution < -0.4 is 11.1 Å². The summed E-state index contributed by atoms with van der Waals surface area (Å²) in [7, 11) is -3.28. The molecule has 0 aromatic heterocycles. The highest BCUT2D eigenvalue weighted by atomic mass is 32.2. The topological polar surface area (TPSA) is 89.3 Å². The molecule has 6 heteroatoms. The van der Waals surface area contributed by atoms with Crippen LogP contribution >= 0.6 is 0 Å². The highest BCUT2D eigenvalue weighted by Crippen LogP contribution is 2.29. The van der Waals surface area contributed by atoms with Crippen LogP contribution in [0.25, 0.3) is 0 Å². The van der Waals surface area contributed by atoms with E-state index in [2.05, 4.69) is 19.2 Å². The normalized spacial score (nSPS) is 17.2. The van der Waals surface area contributed by atoms with Gasteiger partial charge in [-0.1, -0.05) is 26.7 Å². The van der Waals surface area contributed by atoms with Crippen LogP contribution in [0.5, 0.6) is 0 Å². The lowest BCUT2D eigenvalue weighted by atomic mass is 10.0. The van der Waals surface area contributed by atoms with Crippen LogP contribution in [0.1, 0.15) is 56.3 Å². The monoisotopic (exact) mass is 352 g/mol. The molecule has 0 saturated heterocycles. The molecular weight excluding hydrogens is 324 g/mol. The van der Waals surface area contributed by atoms with E-state index in [-0.39, 0.29) is 17.2 Å². The van der Waals surface area contributed by atoms with Gasteiger partial charge < -0.3 is 11.1 Å². The summed E-state index contributed by atoms with van der Waals surface area (Å²) >= 11 is 0. The first-order valence-corrected chi connectivity index (χ1v) is 10.2. The smallest absolute Gasteiger partial charge is 0.251 e. The summed E-state index contributed by atoms with van der Waals surface area (Å²) in [5.41, 5.74) is 6.17. The van der Waals surface area contributed by atoms with Gasteiger partial charge in [0.2, 0.25) is 0 Å². The third kappa shape index (κ3) is 4.57. The van der Waals surface area contributed by atoms with Gasteiger partial charge in [0.05, 0.1) is 10.1 Å². The molecule has 0 radical (unpaired) electrons. The Morgan fingerprint density at radius 1 is 1.21 bits per heavy atom. The Hall–Kier alpha value is -1.40. The number of carbonyl (C=O) groups is 1. The third-order valence-corrected chi connectivity index (χ3v) is 6.84. The van der Waals surface area contributed by atoms with Crippen LogP contribution in [0.2, 0.25) is 0 Å². The molecule has 5 nitrogen and oxygen atoms in total. The van der Waals surface area contributed by atoms with E-state index in [1.807, 2.05) is 0 Å². The van der Waals surface area contributed by atoms with Crippen LogP contribution in [0.4, 0.5) is 0 Å². The minimum absolute atomic E-state index is 0.0700. The molecule has 1 aliphatic carbocycles. The SMILES string of the molecule is CC(C)CC(CN)NC(=O)c1ccc(S(=O)(=O)C2CCCC2)cc1.